The summed E-state index contributed by atoms with van der Waals surface area (Å²) in [6.45, 7) is 4.57. The Morgan fingerprint density at radius 3 is 2.00 bits per heavy atom. The standard InChI is InChI=1S/C19H28N2O2/c1-13-3-7-15(8-4-13)17-11-20-19(21-12-17)23-18(22)16-9-5-14(2)6-10-16/h11-16H,3-10H2,1-2H3. The minimum atomic E-state index is -0.156. The van der Waals surface area contributed by atoms with Gasteiger partial charge in [0.25, 0.3) is 0 Å². The van der Waals surface area contributed by atoms with Gasteiger partial charge in [-0.2, -0.15) is 0 Å². The minimum Gasteiger partial charge on any atom is -0.391 e. The Balaban J connectivity index is 1.54. The molecular formula is C19H28N2O2. The largest absolute Gasteiger partial charge is 0.391 e. The van der Waals surface area contributed by atoms with E-state index in [2.05, 4.69) is 23.8 Å². The summed E-state index contributed by atoms with van der Waals surface area (Å²) in [4.78, 5) is 20.7. The van der Waals surface area contributed by atoms with E-state index < -0.39 is 0 Å². The maximum Gasteiger partial charge on any atom is 0.324 e. The summed E-state index contributed by atoms with van der Waals surface area (Å²) >= 11 is 0. The minimum absolute atomic E-state index is 0.0225. The first kappa shape index (κ1) is 16.4. The van der Waals surface area contributed by atoms with Crippen molar-refractivity contribution in [2.24, 2.45) is 17.8 Å². The van der Waals surface area contributed by atoms with Crippen LogP contribution in [0.1, 0.15) is 76.7 Å². The van der Waals surface area contributed by atoms with Crippen LogP contribution in [0.5, 0.6) is 6.01 Å². The molecule has 0 aliphatic heterocycles. The summed E-state index contributed by atoms with van der Waals surface area (Å²) in [6.07, 6.45) is 12.8. The summed E-state index contributed by atoms with van der Waals surface area (Å²) in [5, 5.41) is 0. The quantitative estimate of drug-likeness (QED) is 0.770. The molecule has 0 bridgehead atoms. The van der Waals surface area contributed by atoms with Crippen LogP contribution in [0.2, 0.25) is 0 Å². The number of aromatic nitrogens is 2. The first-order valence-electron chi connectivity index (χ1n) is 9.15. The van der Waals surface area contributed by atoms with Crippen LogP contribution in [-0.4, -0.2) is 15.9 Å². The van der Waals surface area contributed by atoms with Crippen molar-refractivity contribution in [1.29, 1.82) is 0 Å². The van der Waals surface area contributed by atoms with Crippen molar-refractivity contribution in [3.63, 3.8) is 0 Å². The molecule has 1 aromatic heterocycles. The molecule has 23 heavy (non-hydrogen) atoms. The predicted octanol–water partition coefficient (Wildman–Crippen LogP) is 4.50. The average Bonchev–Trinajstić information content (AvgIpc) is 2.57. The van der Waals surface area contributed by atoms with E-state index in [1.165, 1.54) is 31.2 Å². The number of rotatable bonds is 3. The summed E-state index contributed by atoms with van der Waals surface area (Å²) in [5.74, 6) is 2.00. The third-order valence-electron chi connectivity index (χ3n) is 5.68. The number of esters is 1. The van der Waals surface area contributed by atoms with Crippen LogP contribution in [0.25, 0.3) is 0 Å². The first-order valence-corrected chi connectivity index (χ1v) is 9.15. The van der Waals surface area contributed by atoms with E-state index in [0.717, 1.165) is 37.5 Å². The van der Waals surface area contributed by atoms with Crippen molar-refractivity contribution in [2.75, 3.05) is 0 Å². The van der Waals surface area contributed by atoms with Gasteiger partial charge in [0.05, 0.1) is 5.92 Å². The number of hydrogen-bond donors (Lipinski definition) is 0. The average molecular weight is 316 g/mol. The normalized spacial score (nSPS) is 31.6. The second-order valence-corrected chi connectivity index (χ2v) is 7.63. The highest BCUT2D eigenvalue weighted by Crippen LogP contribution is 2.35. The Morgan fingerprint density at radius 2 is 1.43 bits per heavy atom. The van der Waals surface area contributed by atoms with E-state index in [0.29, 0.717) is 5.92 Å². The van der Waals surface area contributed by atoms with Gasteiger partial charge >= 0.3 is 12.0 Å². The van der Waals surface area contributed by atoms with Crippen LogP contribution >= 0.6 is 0 Å². The molecule has 4 nitrogen and oxygen atoms in total. The number of hydrogen-bond acceptors (Lipinski definition) is 4. The molecule has 0 atom stereocenters. The number of carbonyl (C=O) groups is 1. The van der Waals surface area contributed by atoms with Crippen LogP contribution in [0.4, 0.5) is 0 Å². The molecule has 2 aliphatic rings. The van der Waals surface area contributed by atoms with E-state index in [1.807, 2.05) is 12.4 Å². The van der Waals surface area contributed by atoms with Gasteiger partial charge in [0.2, 0.25) is 0 Å². The fraction of sp³-hybridized carbons (Fsp3) is 0.737. The zero-order valence-corrected chi connectivity index (χ0v) is 14.3. The van der Waals surface area contributed by atoms with E-state index in [9.17, 15) is 4.79 Å². The lowest BCUT2D eigenvalue weighted by Crippen LogP contribution is -2.25. The lowest BCUT2D eigenvalue weighted by atomic mass is 9.80. The maximum atomic E-state index is 12.2. The van der Waals surface area contributed by atoms with Crippen molar-refractivity contribution in [2.45, 2.75) is 71.1 Å². The molecule has 0 N–H and O–H groups in total. The summed E-state index contributed by atoms with van der Waals surface area (Å²) < 4.78 is 5.39. The monoisotopic (exact) mass is 316 g/mol. The highest BCUT2D eigenvalue weighted by atomic mass is 16.5. The van der Waals surface area contributed by atoms with Gasteiger partial charge in [-0.1, -0.05) is 26.7 Å². The fourth-order valence-electron chi connectivity index (χ4n) is 3.85. The fourth-order valence-corrected chi connectivity index (χ4v) is 3.85. The Morgan fingerprint density at radius 1 is 0.913 bits per heavy atom. The Bertz CT molecular complexity index is 513. The second kappa shape index (κ2) is 7.41. The zero-order chi connectivity index (χ0) is 16.2. The molecule has 3 rings (SSSR count). The van der Waals surface area contributed by atoms with Gasteiger partial charge < -0.3 is 4.74 Å². The third-order valence-corrected chi connectivity index (χ3v) is 5.68. The molecule has 4 heteroatoms. The molecule has 0 radical (unpaired) electrons. The highest BCUT2D eigenvalue weighted by molar-refractivity contribution is 5.74. The number of ether oxygens (including phenoxy) is 1. The lowest BCUT2D eigenvalue weighted by molar-refractivity contribution is -0.140. The molecule has 0 amide bonds. The van der Waals surface area contributed by atoms with E-state index in [-0.39, 0.29) is 17.9 Å². The van der Waals surface area contributed by atoms with Crippen molar-refractivity contribution in [3.05, 3.63) is 18.0 Å². The summed E-state index contributed by atoms with van der Waals surface area (Å²) in [6, 6.07) is 0.210. The molecular weight excluding hydrogens is 288 g/mol. The topological polar surface area (TPSA) is 52.1 Å². The molecule has 2 aliphatic carbocycles. The molecule has 0 unspecified atom stereocenters. The SMILES string of the molecule is CC1CCC(C(=O)Oc2ncc(C3CCC(C)CC3)cn2)CC1. The molecule has 2 fully saturated rings. The summed E-state index contributed by atoms with van der Waals surface area (Å²) in [7, 11) is 0. The van der Waals surface area contributed by atoms with Crippen LogP contribution in [-0.2, 0) is 4.79 Å². The van der Waals surface area contributed by atoms with Crippen molar-refractivity contribution >= 4 is 5.97 Å². The van der Waals surface area contributed by atoms with Crippen molar-refractivity contribution < 1.29 is 9.53 Å². The molecule has 1 heterocycles. The van der Waals surface area contributed by atoms with E-state index in [1.54, 1.807) is 0 Å². The number of carbonyl (C=O) groups excluding carboxylic acids is 1. The second-order valence-electron chi connectivity index (χ2n) is 7.63. The molecule has 2 saturated carbocycles. The predicted molar refractivity (Wildman–Crippen MR) is 89.2 cm³/mol. The maximum absolute atomic E-state index is 12.2. The lowest BCUT2D eigenvalue weighted by Gasteiger charge is -2.26. The van der Waals surface area contributed by atoms with Crippen LogP contribution < -0.4 is 4.74 Å². The van der Waals surface area contributed by atoms with Crippen molar-refractivity contribution in [3.8, 4) is 6.01 Å². The number of nitrogens with zero attached hydrogens (tertiary/aromatic N) is 2. The van der Waals surface area contributed by atoms with E-state index in [4.69, 9.17) is 4.74 Å². The molecule has 1 aromatic rings. The van der Waals surface area contributed by atoms with Gasteiger partial charge in [-0.25, -0.2) is 9.97 Å². The molecule has 126 valence electrons. The molecule has 0 saturated heterocycles. The van der Waals surface area contributed by atoms with Crippen LogP contribution in [0, 0.1) is 17.8 Å². The van der Waals surface area contributed by atoms with Gasteiger partial charge in [-0.3, -0.25) is 4.79 Å². The zero-order valence-electron chi connectivity index (χ0n) is 14.3. The summed E-state index contributed by atoms with van der Waals surface area (Å²) in [5.41, 5.74) is 1.18. The Labute approximate surface area is 139 Å². The Hall–Kier alpha value is -1.45. The molecule has 0 spiro atoms. The van der Waals surface area contributed by atoms with Gasteiger partial charge in [0.15, 0.2) is 0 Å². The molecule has 0 aromatic carbocycles. The van der Waals surface area contributed by atoms with Gasteiger partial charge in [-0.15, -0.1) is 0 Å². The highest BCUT2D eigenvalue weighted by Gasteiger charge is 2.26. The Kier molecular flexibility index (Phi) is 5.29. The smallest absolute Gasteiger partial charge is 0.324 e. The van der Waals surface area contributed by atoms with Gasteiger partial charge in [-0.05, 0) is 61.8 Å². The van der Waals surface area contributed by atoms with Crippen LogP contribution in [0.3, 0.4) is 0 Å². The third kappa shape index (κ3) is 4.30. The van der Waals surface area contributed by atoms with Crippen molar-refractivity contribution in [1.82, 2.24) is 9.97 Å². The van der Waals surface area contributed by atoms with E-state index >= 15 is 0 Å². The first-order chi connectivity index (χ1) is 11.1. The van der Waals surface area contributed by atoms with Gasteiger partial charge in [0.1, 0.15) is 0 Å². The van der Waals surface area contributed by atoms with Gasteiger partial charge in [0, 0.05) is 12.4 Å². The van der Waals surface area contributed by atoms with Crippen LogP contribution in [0.15, 0.2) is 12.4 Å².